The summed E-state index contributed by atoms with van der Waals surface area (Å²) in [6.07, 6.45) is 0.835. The van der Waals surface area contributed by atoms with E-state index in [4.69, 9.17) is 59.1 Å². The molecule has 1 aliphatic heterocycles. The average Bonchev–Trinajstić information content (AvgIpc) is 3.04. The molecule has 1 amide bonds. The van der Waals surface area contributed by atoms with Crippen molar-refractivity contribution in [2.24, 2.45) is 0 Å². The molecular weight excluding hydrogens is 763 g/mol. The Morgan fingerprint density at radius 1 is 0.528 bits per heavy atom. The van der Waals surface area contributed by atoms with Crippen LogP contribution in [0.1, 0.15) is 20.3 Å². The Hall–Kier alpha value is -0.932. The summed E-state index contributed by atoms with van der Waals surface area (Å²) in [5, 5.41) is 2.40. The molecule has 0 bridgehead atoms. The number of carbonyl (C=O) groups is 2. The molecule has 53 heavy (non-hydrogen) atoms. The minimum atomic E-state index is -2.56. The molecule has 1 heterocycles. The number of rotatable bonds is 31. The smallest absolute Gasteiger partial charge is 0.325 e. The lowest BCUT2D eigenvalue weighted by Crippen LogP contribution is -2.66. The standard InChI is InChI=1S/C33H69NO15Si4/c1-30(2)33(36)34-29-32(35)45-28-27-44-26-25-43-24-23-42-22-21-41-20-19-40-18-17-39-16-15-38-14-13-37-12-11-31(3)53(10)48-51(6,7)46-50(4,5)47-52(8,9)49-53/h31H,1,11-29H2,2-10H3,(H,34,36). The van der Waals surface area contributed by atoms with E-state index in [-0.39, 0.29) is 31.2 Å². The predicted octanol–water partition coefficient (Wildman–Crippen LogP) is 3.39. The van der Waals surface area contributed by atoms with Gasteiger partial charge in [-0.05, 0) is 59.2 Å². The van der Waals surface area contributed by atoms with Crippen molar-refractivity contribution in [3.63, 3.8) is 0 Å². The highest BCUT2D eigenvalue weighted by Gasteiger charge is 2.54. The van der Waals surface area contributed by atoms with Crippen molar-refractivity contribution < 1.29 is 68.7 Å². The predicted molar refractivity (Wildman–Crippen MR) is 208 cm³/mol. The van der Waals surface area contributed by atoms with Crippen LogP contribution in [0.5, 0.6) is 0 Å². The van der Waals surface area contributed by atoms with Gasteiger partial charge in [0, 0.05) is 17.7 Å². The highest BCUT2D eigenvalue weighted by atomic mass is 28.5. The molecule has 1 N–H and O–H groups in total. The molecule has 1 saturated heterocycles. The Morgan fingerprint density at radius 3 is 1.17 bits per heavy atom. The first kappa shape index (κ1) is 50.1. The Labute approximate surface area is 322 Å². The van der Waals surface area contributed by atoms with E-state index in [1.165, 1.54) is 0 Å². The molecule has 0 aromatic heterocycles. The van der Waals surface area contributed by atoms with Crippen molar-refractivity contribution in [2.75, 3.05) is 119 Å². The van der Waals surface area contributed by atoms with Crippen LogP contribution in [0, 0.1) is 0 Å². The summed E-state index contributed by atoms with van der Waals surface area (Å²) < 4.78 is 75.5. The second-order valence-electron chi connectivity index (χ2n) is 13.9. The maximum absolute atomic E-state index is 11.5. The van der Waals surface area contributed by atoms with E-state index in [0.717, 1.165) is 6.42 Å². The van der Waals surface area contributed by atoms with Crippen LogP contribution in [0.2, 0.25) is 51.4 Å². The van der Waals surface area contributed by atoms with Gasteiger partial charge in [0.25, 0.3) is 0 Å². The van der Waals surface area contributed by atoms with Crippen LogP contribution in [0.25, 0.3) is 0 Å². The van der Waals surface area contributed by atoms with Crippen LogP contribution in [0.4, 0.5) is 0 Å². The normalized spacial score (nSPS) is 18.1. The van der Waals surface area contributed by atoms with Crippen LogP contribution >= 0.6 is 0 Å². The summed E-state index contributed by atoms with van der Waals surface area (Å²) in [5.41, 5.74) is 0.548. The molecule has 20 heteroatoms. The zero-order chi connectivity index (χ0) is 39.6. The molecule has 0 aliphatic carbocycles. The van der Waals surface area contributed by atoms with Crippen molar-refractivity contribution >= 4 is 46.1 Å². The summed E-state index contributed by atoms with van der Waals surface area (Å²) in [4.78, 5) is 22.8. The SMILES string of the molecule is C=C(C)C(=O)NCC(=O)OCCOCCOCCOCCOCCOCCOCCOCCOCCC(C)[Si]1(C)O[Si](C)(C)O[Si](C)(C)O[Si](C)(C)O1. The molecule has 312 valence electrons. The number of carbonyl (C=O) groups excluding carboxylic acids is 2. The fourth-order valence-corrected chi connectivity index (χ4v) is 26.9. The van der Waals surface area contributed by atoms with Gasteiger partial charge in [-0.1, -0.05) is 13.5 Å². The van der Waals surface area contributed by atoms with E-state index in [9.17, 15) is 9.59 Å². The van der Waals surface area contributed by atoms with Crippen LogP contribution in [-0.2, 0) is 68.7 Å². The second-order valence-corrected chi connectivity index (χ2v) is 28.6. The van der Waals surface area contributed by atoms with E-state index in [0.29, 0.717) is 105 Å². The van der Waals surface area contributed by atoms with Crippen LogP contribution in [0.3, 0.4) is 0 Å². The quantitative estimate of drug-likeness (QED) is 0.0468. The number of ether oxygens (including phenoxy) is 9. The molecule has 1 fully saturated rings. The van der Waals surface area contributed by atoms with Gasteiger partial charge in [-0.15, -0.1) is 0 Å². The first-order valence-corrected chi connectivity index (χ1v) is 29.3. The van der Waals surface area contributed by atoms with E-state index < -0.39 is 40.2 Å². The Bertz CT molecular complexity index is 1000. The van der Waals surface area contributed by atoms with Gasteiger partial charge in [-0.25, -0.2) is 0 Å². The minimum absolute atomic E-state index is 0.0975. The molecule has 0 aromatic rings. The largest absolute Gasteiger partial charge is 0.462 e. The third-order valence-electron chi connectivity index (χ3n) is 7.35. The molecule has 1 aliphatic rings. The fraction of sp³-hybridized carbons (Fsp3) is 0.879. The second kappa shape index (κ2) is 27.6. The first-order chi connectivity index (χ1) is 25.0. The van der Waals surface area contributed by atoms with Crippen molar-refractivity contribution in [1.82, 2.24) is 5.32 Å². The lowest BCUT2D eigenvalue weighted by Gasteiger charge is -2.49. The zero-order valence-electron chi connectivity index (χ0n) is 33.8. The first-order valence-electron chi connectivity index (χ1n) is 18.5. The minimum Gasteiger partial charge on any atom is -0.462 e. The van der Waals surface area contributed by atoms with Crippen molar-refractivity contribution in [3.05, 3.63) is 12.2 Å². The topological polar surface area (TPSA) is 166 Å². The van der Waals surface area contributed by atoms with Crippen LogP contribution < -0.4 is 5.32 Å². The summed E-state index contributed by atoms with van der Waals surface area (Å²) in [6, 6.07) is 0. The van der Waals surface area contributed by atoms with E-state index in [1.54, 1.807) is 6.92 Å². The molecule has 0 radical (unpaired) electrons. The Morgan fingerprint density at radius 2 is 0.830 bits per heavy atom. The number of hydrogen-bond acceptors (Lipinski definition) is 15. The summed E-state index contributed by atoms with van der Waals surface area (Å²) in [5.74, 6) is -0.925. The molecule has 1 rings (SSSR count). The molecule has 1 atom stereocenters. The van der Waals surface area contributed by atoms with Gasteiger partial charge in [0.2, 0.25) is 5.91 Å². The summed E-state index contributed by atoms with van der Waals surface area (Å²) in [7, 11) is -9.64. The maximum Gasteiger partial charge on any atom is 0.325 e. The van der Waals surface area contributed by atoms with Gasteiger partial charge in [0.05, 0.1) is 99.1 Å². The molecule has 0 spiro atoms. The molecule has 1 unspecified atom stereocenters. The van der Waals surface area contributed by atoms with Crippen LogP contribution in [0.15, 0.2) is 12.2 Å². The van der Waals surface area contributed by atoms with Gasteiger partial charge < -0.3 is 64.4 Å². The van der Waals surface area contributed by atoms with Gasteiger partial charge in [0.15, 0.2) is 0 Å². The highest BCUT2D eigenvalue weighted by Crippen LogP contribution is 2.37. The summed E-state index contributed by atoms with van der Waals surface area (Å²) >= 11 is 0. The van der Waals surface area contributed by atoms with Crippen molar-refractivity contribution in [3.8, 4) is 0 Å². The van der Waals surface area contributed by atoms with E-state index in [1.807, 2.05) is 0 Å². The van der Waals surface area contributed by atoms with Gasteiger partial charge in [-0.3, -0.25) is 9.59 Å². The van der Waals surface area contributed by atoms with Crippen LogP contribution in [-0.4, -0.2) is 165 Å². The molecular formula is C33H69NO15Si4. The Kier molecular flexibility index (Phi) is 26.1. The number of nitrogens with one attached hydrogen (secondary N) is 1. The highest BCUT2D eigenvalue weighted by molar-refractivity contribution is 6.93. The van der Waals surface area contributed by atoms with E-state index in [2.05, 4.69) is 64.6 Å². The maximum atomic E-state index is 11.5. The third kappa shape index (κ3) is 26.5. The lowest BCUT2D eigenvalue weighted by molar-refractivity contribution is -0.145. The van der Waals surface area contributed by atoms with Gasteiger partial charge >= 0.3 is 40.2 Å². The summed E-state index contributed by atoms with van der Waals surface area (Å²) in [6.45, 7) is 29.1. The molecule has 0 aromatic carbocycles. The zero-order valence-corrected chi connectivity index (χ0v) is 37.8. The number of hydrogen-bond donors (Lipinski definition) is 1. The van der Waals surface area contributed by atoms with Gasteiger partial charge in [0.1, 0.15) is 13.2 Å². The number of esters is 1. The lowest BCUT2D eigenvalue weighted by atomic mass is 10.3. The van der Waals surface area contributed by atoms with E-state index >= 15 is 0 Å². The van der Waals surface area contributed by atoms with Crippen molar-refractivity contribution in [2.45, 2.75) is 71.6 Å². The third-order valence-corrected chi connectivity index (χ3v) is 24.5. The number of amides is 1. The fourth-order valence-electron chi connectivity index (χ4n) is 5.18. The average molecular weight is 832 g/mol. The van der Waals surface area contributed by atoms with Crippen molar-refractivity contribution in [1.29, 1.82) is 0 Å². The molecule has 0 saturated carbocycles. The monoisotopic (exact) mass is 831 g/mol. The molecule has 16 nitrogen and oxygen atoms in total. The van der Waals surface area contributed by atoms with Gasteiger partial charge in [-0.2, -0.15) is 0 Å². The Balaban J connectivity index is 1.85.